The zero-order valence-corrected chi connectivity index (χ0v) is 7.94. The van der Waals surface area contributed by atoms with E-state index < -0.39 is 0 Å². The molecule has 0 fully saturated rings. The minimum absolute atomic E-state index is 0.613. The zero-order chi connectivity index (χ0) is 9.80. The van der Waals surface area contributed by atoms with E-state index in [1.165, 1.54) is 5.56 Å². The summed E-state index contributed by atoms with van der Waals surface area (Å²) >= 11 is 0. The Morgan fingerprint density at radius 3 is 3.07 bits per heavy atom. The Balaban J connectivity index is 2.42. The number of aromatic nitrogens is 5. The van der Waals surface area contributed by atoms with Crippen molar-refractivity contribution in [2.75, 3.05) is 0 Å². The van der Waals surface area contributed by atoms with Gasteiger partial charge in [-0.2, -0.15) is 5.21 Å². The number of pyridine rings is 1. The van der Waals surface area contributed by atoms with Crippen molar-refractivity contribution in [3.8, 4) is 11.4 Å². The molecule has 0 radical (unpaired) electrons. The number of H-pyrrole nitrogens is 1. The first kappa shape index (κ1) is 8.80. The van der Waals surface area contributed by atoms with Crippen LogP contribution in [0.5, 0.6) is 0 Å². The van der Waals surface area contributed by atoms with Crippen molar-refractivity contribution < 1.29 is 0 Å². The first-order chi connectivity index (χ1) is 6.92. The molecule has 0 saturated heterocycles. The predicted octanol–water partition coefficient (Wildman–Crippen LogP) is 1.21. The molecule has 14 heavy (non-hydrogen) atoms. The van der Waals surface area contributed by atoms with Gasteiger partial charge in [-0.3, -0.25) is 4.98 Å². The molecule has 2 aromatic rings. The maximum Gasteiger partial charge on any atom is 0.206 e. The second-order valence-corrected chi connectivity index (χ2v) is 3.02. The summed E-state index contributed by atoms with van der Waals surface area (Å²) < 4.78 is 0. The van der Waals surface area contributed by atoms with Gasteiger partial charge < -0.3 is 0 Å². The van der Waals surface area contributed by atoms with Gasteiger partial charge in [0.25, 0.3) is 0 Å². The van der Waals surface area contributed by atoms with E-state index in [1.807, 2.05) is 6.07 Å². The van der Waals surface area contributed by atoms with E-state index in [9.17, 15) is 0 Å². The summed E-state index contributed by atoms with van der Waals surface area (Å²) in [5.74, 6) is 0.613. The topological polar surface area (TPSA) is 67.3 Å². The molecule has 2 aromatic heterocycles. The van der Waals surface area contributed by atoms with E-state index in [0.717, 1.165) is 18.4 Å². The third-order valence-corrected chi connectivity index (χ3v) is 2.02. The summed E-state index contributed by atoms with van der Waals surface area (Å²) in [5.41, 5.74) is 2.17. The number of tetrazole rings is 1. The van der Waals surface area contributed by atoms with Crippen molar-refractivity contribution in [3.05, 3.63) is 24.0 Å². The first-order valence-corrected chi connectivity index (χ1v) is 4.58. The fourth-order valence-electron chi connectivity index (χ4n) is 1.39. The van der Waals surface area contributed by atoms with Crippen LogP contribution in [-0.2, 0) is 6.42 Å². The molecule has 0 atom stereocenters. The van der Waals surface area contributed by atoms with Crippen molar-refractivity contribution in [2.24, 2.45) is 0 Å². The maximum absolute atomic E-state index is 4.06. The Bertz CT molecular complexity index is 395. The molecule has 0 aliphatic carbocycles. The summed E-state index contributed by atoms with van der Waals surface area (Å²) in [5, 5.41) is 13.9. The van der Waals surface area contributed by atoms with Crippen molar-refractivity contribution in [1.29, 1.82) is 0 Å². The van der Waals surface area contributed by atoms with E-state index in [-0.39, 0.29) is 0 Å². The van der Waals surface area contributed by atoms with E-state index >= 15 is 0 Å². The van der Waals surface area contributed by atoms with Crippen LogP contribution in [0, 0.1) is 0 Å². The molecule has 0 aromatic carbocycles. The first-order valence-electron chi connectivity index (χ1n) is 4.58. The van der Waals surface area contributed by atoms with Crippen molar-refractivity contribution >= 4 is 0 Å². The molecule has 72 valence electrons. The van der Waals surface area contributed by atoms with Gasteiger partial charge in [0.05, 0.1) is 0 Å². The molecule has 5 nitrogen and oxygen atoms in total. The van der Waals surface area contributed by atoms with Crippen molar-refractivity contribution in [3.63, 3.8) is 0 Å². The highest BCUT2D eigenvalue weighted by Gasteiger charge is 2.07. The summed E-state index contributed by atoms with van der Waals surface area (Å²) in [6, 6.07) is 2.00. The second kappa shape index (κ2) is 3.95. The van der Waals surface area contributed by atoms with E-state index in [0.29, 0.717) is 5.82 Å². The van der Waals surface area contributed by atoms with Crippen LogP contribution in [0.3, 0.4) is 0 Å². The van der Waals surface area contributed by atoms with Gasteiger partial charge in [0.2, 0.25) is 5.82 Å². The lowest BCUT2D eigenvalue weighted by molar-refractivity contribution is 0.881. The third-order valence-electron chi connectivity index (χ3n) is 2.02. The number of nitrogens with zero attached hydrogens (tertiary/aromatic N) is 4. The normalized spacial score (nSPS) is 10.4. The van der Waals surface area contributed by atoms with Gasteiger partial charge in [-0.05, 0) is 23.3 Å². The Hall–Kier alpha value is -1.78. The number of aryl methyl sites for hydroxylation is 1. The standard InChI is InChI=1S/C9H11N5/c1-2-3-7-4-5-10-6-8(7)9-11-13-14-12-9/h4-6H,2-3H2,1H3,(H,11,12,13,14). The van der Waals surface area contributed by atoms with Crippen LogP contribution in [0.1, 0.15) is 18.9 Å². The zero-order valence-electron chi connectivity index (χ0n) is 7.94. The minimum Gasteiger partial charge on any atom is -0.264 e. The molecule has 1 N–H and O–H groups in total. The maximum atomic E-state index is 4.06. The average Bonchev–Trinajstić information content (AvgIpc) is 2.72. The molecular weight excluding hydrogens is 178 g/mol. The van der Waals surface area contributed by atoms with Gasteiger partial charge >= 0.3 is 0 Å². The molecule has 0 bridgehead atoms. The highest BCUT2D eigenvalue weighted by Crippen LogP contribution is 2.18. The molecule has 0 spiro atoms. The molecule has 0 unspecified atom stereocenters. The van der Waals surface area contributed by atoms with Crippen LogP contribution in [-0.4, -0.2) is 25.6 Å². The van der Waals surface area contributed by atoms with Gasteiger partial charge in [-0.15, -0.1) is 10.2 Å². The number of nitrogens with one attached hydrogen (secondary N) is 1. The van der Waals surface area contributed by atoms with Gasteiger partial charge in [0.15, 0.2) is 0 Å². The SMILES string of the molecule is CCCc1ccncc1-c1nn[nH]n1. The lowest BCUT2D eigenvalue weighted by Gasteiger charge is -2.02. The fourth-order valence-corrected chi connectivity index (χ4v) is 1.39. The highest BCUT2D eigenvalue weighted by atomic mass is 15.5. The average molecular weight is 189 g/mol. The van der Waals surface area contributed by atoms with E-state index in [2.05, 4.69) is 32.5 Å². The van der Waals surface area contributed by atoms with Crippen LogP contribution in [0.4, 0.5) is 0 Å². The highest BCUT2D eigenvalue weighted by molar-refractivity contribution is 5.57. The molecule has 5 heteroatoms. The summed E-state index contributed by atoms with van der Waals surface area (Å²) in [6.07, 6.45) is 5.66. The molecule has 0 aliphatic heterocycles. The van der Waals surface area contributed by atoms with Crippen molar-refractivity contribution in [1.82, 2.24) is 25.6 Å². The quantitative estimate of drug-likeness (QED) is 0.788. The Morgan fingerprint density at radius 1 is 1.43 bits per heavy atom. The van der Waals surface area contributed by atoms with Gasteiger partial charge in [0.1, 0.15) is 0 Å². The smallest absolute Gasteiger partial charge is 0.206 e. The Labute approximate surface area is 81.6 Å². The van der Waals surface area contributed by atoms with Crippen LogP contribution in [0.25, 0.3) is 11.4 Å². The van der Waals surface area contributed by atoms with E-state index in [1.54, 1.807) is 12.4 Å². The fraction of sp³-hybridized carbons (Fsp3) is 0.333. The number of hydrogen-bond donors (Lipinski definition) is 1. The lowest BCUT2D eigenvalue weighted by Crippen LogP contribution is -1.92. The van der Waals surface area contributed by atoms with Gasteiger partial charge in [-0.25, -0.2) is 0 Å². The number of rotatable bonds is 3. The Morgan fingerprint density at radius 2 is 2.36 bits per heavy atom. The molecule has 0 aliphatic rings. The summed E-state index contributed by atoms with van der Waals surface area (Å²) in [6.45, 7) is 2.14. The van der Waals surface area contributed by atoms with Crippen LogP contribution in [0.15, 0.2) is 18.5 Å². The molecule has 2 heterocycles. The van der Waals surface area contributed by atoms with Crippen LogP contribution < -0.4 is 0 Å². The van der Waals surface area contributed by atoms with Gasteiger partial charge in [0, 0.05) is 18.0 Å². The molecule has 2 rings (SSSR count). The summed E-state index contributed by atoms with van der Waals surface area (Å²) in [7, 11) is 0. The van der Waals surface area contributed by atoms with Crippen LogP contribution >= 0.6 is 0 Å². The molecule has 0 saturated carbocycles. The van der Waals surface area contributed by atoms with E-state index in [4.69, 9.17) is 0 Å². The third kappa shape index (κ3) is 1.61. The molecular formula is C9H11N5. The largest absolute Gasteiger partial charge is 0.264 e. The number of hydrogen-bond acceptors (Lipinski definition) is 4. The lowest BCUT2D eigenvalue weighted by atomic mass is 10.1. The Kier molecular flexibility index (Phi) is 2.48. The van der Waals surface area contributed by atoms with Crippen LogP contribution in [0.2, 0.25) is 0 Å². The molecule has 0 amide bonds. The number of aromatic amines is 1. The van der Waals surface area contributed by atoms with Crippen molar-refractivity contribution in [2.45, 2.75) is 19.8 Å². The predicted molar refractivity (Wildman–Crippen MR) is 51.4 cm³/mol. The monoisotopic (exact) mass is 189 g/mol. The minimum atomic E-state index is 0.613. The summed E-state index contributed by atoms with van der Waals surface area (Å²) in [4.78, 5) is 4.06. The van der Waals surface area contributed by atoms with Gasteiger partial charge in [-0.1, -0.05) is 13.3 Å². The second-order valence-electron chi connectivity index (χ2n) is 3.02.